The second-order valence-corrected chi connectivity index (χ2v) is 15.0. The third kappa shape index (κ3) is 7.25. The van der Waals surface area contributed by atoms with Gasteiger partial charge in [0, 0.05) is 40.4 Å². The average molecular weight is 858 g/mol. The zero-order valence-electron chi connectivity index (χ0n) is 31.3. The number of benzene rings is 3. The van der Waals surface area contributed by atoms with Gasteiger partial charge in [-0.2, -0.15) is 11.2 Å². The summed E-state index contributed by atoms with van der Waals surface area (Å²) in [5.74, 6) is 4.07. The minimum absolute atomic E-state index is 0. The summed E-state index contributed by atoms with van der Waals surface area (Å²) in [5.41, 5.74) is 10.7. The number of para-hydroxylation sites is 1. The smallest absolute Gasteiger partial charge is 0.509 e. The van der Waals surface area contributed by atoms with Gasteiger partial charge in [-0.3, -0.25) is 4.68 Å². The van der Waals surface area contributed by atoms with Gasteiger partial charge < -0.3 is 9.30 Å². The number of aromatic nitrogens is 4. The van der Waals surface area contributed by atoms with Crippen LogP contribution in [0.3, 0.4) is 0 Å². The molecule has 3 aromatic heterocycles. The summed E-state index contributed by atoms with van der Waals surface area (Å²) >= 11 is 0. The molecule has 3 heterocycles. The molecule has 0 saturated heterocycles. The van der Waals surface area contributed by atoms with Crippen LogP contribution in [0, 0.1) is 30.9 Å². The molecule has 0 N–H and O–H groups in total. The Labute approximate surface area is 318 Å². The molecule has 0 saturated carbocycles. The standard InChI is InChI=1S/C45H50N4O.Pt/c1-9-33-21-22-46-43(23-33)48-40-16-11-10-15-38(40)39-19-18-36(27-42(39)48)50-37-25-34(29(4)5)24-35(26-37)49-41(20-17-28(2)3)45(32(8)47-49)44-30(6)13-12-14-31(44)7;/h10-11,13,15-16,18-19,21-25,28-29,31,44H,9,12,14,17,20H2,1-8H3;/q-2;+2/t31-,44?;/m0./s1. The minimum Gasteiger partial charge on any atom is -0.509 e. The molecule has 0 radical (unpaired) electrons. The van der Waals surface area contributed by atoms with E-state index in [9.17, 15) is 0 Å². The SMILES string of the molecule is CCc1ccnc(-n2c3[c-]c(Oc4[c-]c(-n5nc(C)c(C6C(C)=CCC[C@@H]6C)c5CCC(C)C)cc(C(C)C)c4)ccc3c3ccccc32)c1.[Pt+2]. The minimum atomic E-state index is 0. The zero-order valence-corrected chi connectivity index (χ0v) is 33.6. The Morgan fingerprint density at radius 2 is 1.75 bits per heavy atom. The molecule has 7 rings (SSSR count). The number of allylic oxidation sites excluding steroid dienone is 2. The fraction of sp³-hybridized carbons (Fsp3) is 0.378. The monoisotopic (exact) mass is 857 g/mol. The molecule has 0 amide bonds. The normalized spacial score (nSPS) is 16.2. The van der Waals surface area contributed by atoms with Crippen LogP contribution < -0.4 is 4.74 Å². The van der Waals surface area contributed by atoms with Crippen molar-refractivity contribution in [2.24, 2.45) is 11.8 Å². The molecule has 0 bridgehead atoms. The van der Waals surface area contributed by atoms with Crippen LogP contribution in [0.5, 0.6) is 11.5 Å². The number of fused-ring (bicyclic) bond motifs is 3. The van der Waals surface area contributed by atoms with E-state index in [0.717, 1.165) is 59.3 Å². The molecule has 51 heavy (non-hydrogen) atoms. The Kier molecular flexibility index (Phi) is 11.1. The van der Waals surface area contributed by atoms with Crippen LogP contribution >= 0.6 is 0 Å². The van der Waals surface area contributed by atoms with E-state index in [-0.39, 0.29) is 21.1 Å². The first-order chi connectivity index (χ1) is 24.1. The van der Waals surface area contributed by atoms with Crippen molar-refractivity contribution in [3.63, 3.8) is 0 Å². The summed E-state index contributed by atoms with van der Waals surface area (Å²) < 4.78 is 11.1. The number of aryl methyl sites for hydroxylation is 2. The number of hydrogen-bond donors (Lipinski definition) is 0. The molecule has 1 unspecified atom stereocenters. The maximum absolute atomic E-state index is 6.70. The Morgan fingerprint density at radius 3 is 2.49 bits per heavy atom. The van der Waals surface area contributed by atoms with Gasteiger partial charge in [-0.15, -0.1) is 41.3 Å². The molecular formula is C45H50N4OPt. The van der Waals surface area contributed by atoms with E-state index >= 15 is 0 Å². The van der Waals surface area contributed by atoms with Crippen molar-refractivity contribution in [1.82, 2.24) is 19.3 Å². The van der Waals surface area contributed by atoms with E-state index in [2.05, 4.69) is 137 Å². The molecule has 0 spiro atoms. The molecule has 3 aromatic carbocycles. The second-order valence-electron chi connectivity index (χ2n) is 15.0. The Morgan fingerprint density at radius 1 is 0.941 bits per heavy atom. The van der Waals surface area contributed by atoms with Gasteiger partial charge in [-0.05, 0) is 98.5 Å². The van der Waals surface area contributed by atoms with Crippen LogP contribution in [0.2, 0.25) is 0 Å². The molecule has 0 aliphatic heterocycles. The second kappa shape index (κ2) is 15.3. The molecule has 6 aromatic rings. The molecule has 6 heteroatoms. The molecule has 2 atom stereocenters. The first-order valence-electron chi connectivity index (χ1n) is 18.5. The van der Waals surface area contributed by atoms with Crippen molar-refractivity contribution in [2.75, 3.05) is 0 Å². The third-order valence-corrected chi connectivity index (χ3v) is 10.6. The van der Waals surface area contributed by atoms with Gasteiger partial charge in [0.2, 0.25) is 0 Å². The topological polar surface area (TPSA) is 44.9 Å². The summed E-state index contributed by atoms with van der Waals surface area (Å²) in [6.45, 7) is 18.2. The predicted molar refractivity (Wildman–Crippen MR) is 206 cm³/mol. The summed E-state index contributed by atoms with van der Waals surface area (Å²) in [6.07, 6.45) is 9.73. The van der Waals surface area contributed by atoms with Gasteiger partial charge in [-0.25, -0.2) is 4.98 Å². The number of ether oxygens (including phenoxy) is 1. The Balaban J connectivity index is 0.00000448. The van der Waals surface area contributed by atoms with Gasteiger partial charge >= 0.3 is 21.1 Å². The molecular weight excluding hydrogens is 808 g/mol. The van der Waals surface area contributed by atoms with Crippen molar-refractivity contribution in [2.45, 2.75) is 99.3 Å². The Bertz CT molecular complexity index is 2200. The maximum Gasteiger partial charge on any atom is 2.00 e. The van der Waals surface area contributed by atoms with Gasteiger partial charge in [0.25, 0.3) is 0 Å². The van der Waals surface area contributed by atoms with E-state index in [0.29, 0.717) is 35.2 Å². The van der Waals surface area contributed by atoms with E-state index in [1.54, 1.807) is 0 Å². The predicted octanol–water partition coefficient (Wildman–Crippen LogP) is 11.8. The van der Waals surface area contributed by atoms with Crippen molar-refractivity contribution < 1.29 is 25.8 Å². The fourth-order valence-electron chi connectivity index (χ4n) is 7.83. The first-order valence-corrected chi connectivity index (χ1v) is 18.5. The first kappa shape index (κ1) is 36.8. The van der Waals surface area contributed by atoms with Crippen LogP contribution in [-0.4, -0.2) is 19.3 Å². The van der Waals surface area contributed by atoms with Crippen LogP contribution in [0.25, 0.3) is 33.3 Å². The molecule has 266 valence electrons. The summed E-state index contributed by atoms with van der Waals surface area (Å²) in [6, 6.07) is 28.6. The van der Waals surface area contributed by atoms with E-state index < -0.39 is 0 Å². The van der Waals surface area contributed by atoms with Gasteiger partial charge in [0.15, 0.2) is 0 Å². The van der Waals surface area contributed by atoms with Crippen LogP contribution in [0.1, 0.15) is 108 Å². The summed E-state index contributed by atoms with van der Waals surface area (Å²) in [4.78, 5) is 4.79. The van der Waals surface area contributed by atoms with Crippen LogP contribution in [0.4, 0.5) is 0 Å². The number of nitrogens with zero attached hydrogens (tertiary/aromatic N) is 4. The molecule has 0 fully saturated rings. The molecule has 1 aliphatic carbocycles. The van der Waals surface area contributed by atoms with Gasteiger partial charge in [-0.1, -0.05) is 76.9 Å². The zero-order chi connectivity index (χ0) is 35.1. The van der Waals surface area contributed by atoms with Crippen LogP contribution in [0.15, 0.2) is 78.5 Å². The number of rotatable bonds is 10. The van der Waals surface area contributed by atoms with E-state index in [1.807, 2.05) is 12.3 Å². The maximum atomic E-state index is 6.70. The Hall–Kier alpha value is -3.95. The average Bonchev–Trinajstić information content (AvgIpc) is 3.61. The summed E-state index contributed by atoms with van der Waals surface area (Å²) in [5, 5.41) is 7.55. The quantitative estimate of drug-likeness (QED) is 0.102. The fourth-order valence-corrected chi connectivity index (χ4v) is 7.83. The van der Waals surface area contributed by atoms with Crippen molar-refractivity contribution >= 4 is 21.8 Å². The number of pyridine rings is 1. The van der Waals surface area contributed by atoms with Crippen molar-refractivity contribution in [3.8, 4) is 23.0 Å². The third-order valence-electron chi connectivity index (χ3n) is 10.6. The van der Waals surface area contributed by atoms with Gasteiger partial charge in [0.1, 0.15) is 5.82 Å². The van der Waals surface area contributed by atoms with Crippen molar-refractivity contribution in [3.05, 3.63) is 119 Å². The van der Waals surface area contributed by atoms with E-state index in [4.69, 9.17) is 14.8 Å². The largest absolute Gasteiger partial charge is 2.00 e. The van der Waals surface area contributed by atoms with Gasteiger partial charge in [0.05, 0.1) is 5.69 Å². The van der Waals surface area contributed by atoms with Crippen molar-refractivity contribution in [1.29, 1.82) is 0 Å². The van der Waals surface area contributed by atoms with Crippen LogP contribution in [-0.2, 0) is 33.9 Å². The van der Waals surface area contributed by atoms with E-state index in [1.165, 1.54) is 39.8 Å². The molecule has 1 aliphatic rings. The molecule has 5 nitrogen and oxygen atoms in total. The summed E-state index contributed by atoms with van der Waals surface area (Å²) in [7, 11) is 0. The number of hydrogen-bond acceptors (Lipinski definition) is 3.